The summed E-state index contributed by atoms with van der Waals surface area (Å²) in [4.78, 5) is 23.3. The van der Waals surface area contributed by atoms with Gasteiger partial charge in [-0.15, -0.1) is 0 Å². The maximum Gasteiger partial charge on any atom is 0.341 e. The molecule has 1 atom stereocenters. The minimum atomic E-state index is -4.06. The van der Waals surface area contributed by atoms with E-state index >= 15 is 0 Å². The number of amides is 1. The van der Waals surface area contributed by atoms with E-state index in [1.54, 1.807) is 6.07 Å². The first-order valence-electron chi connectivity index (χ1n) is 8.03. The number of hydrogen-bond donors (Lipinski definition) is 2. The van der Waals surface area contributed by atoms with Gasteiger partial charge in [0.15, 0.2) is 17.6 Å². The van der Waals surface area contributed by atoms with Crippen LogP contribution in [0.1, 0.15) is 17.3 Å². The first-order chi connectivity index (χ1) is 13.2. The Labute approximate surface area is 162 Å². The highest BCUT2D eigenvalue weighted by Crippen LogP contribution is 2.30. The van der Waals surface area contributed by atoms with Gasteiger partial charge >= 0.3 is 5.97 Å². The molecule has 0 aromatic heterocycles. The Bertz CT molecular complexity index is 989. The lowest BCUT2D eigenvalue weighted by Crippen LogP contribution is -2.30. The second kappa shape index (κ2) is 8.61. The Hall–Kier alpha value is -3.27. The standard InChI is InChI=1S/C18H20N2O7S/c1-11(17(19)21)27-18(22)13-6-4-5-7-14(13)20-28(23,24)12-8-9-15(25-2)16(10-12)26-3/h4-11,20H,1-3H3,(H2,19,21)/t11-/m0/s1. The van der Waals surface area contributed by atoms with Gasteiger partial charge in [0.2, 0.25) is 0 Å². The molecule has 2 aromatic rings. The predicted molar refractivity (Wildman–Crippen MR) is 101 cm³/mol. The molecule has 0 fully saturated rings. The first-order valence-corrected chi connectivity index (χ1v) is 9.52. The summed E-state index contributed by atoms with van der Waals surface area (Å²) in [5, 5.41) is 0. The number of nitrogens with two attached hydrogens (primary N) is 1. The minimum Gasteiger partial charge on any atom is -0.493 e. The van der Waals surface area contributed by atoms with Gasteiger partial charge in [0.05, 0.1) is 30.4 Å². The highest BCUT2D eigenvalue weighted by molar-refractivity contribution is 7.92. The minimum absolute atomic E-state index is 0.0149. The molecule has 0 unspecified atom stereocenters. The van der Waals surface area contributed by atoms with Gasteiger partial charge in [0, 0.05) is 6.07 Å². The van der Waals surface area contributed by atoms with Gasteiger partial charge in [-0.25, -0.2) is 13.2 Å². The number of rotatable bonds is 8. The number of anilines is 1. The van der Waals surface area contributed by atoms with Crippen LogP contribution in [0.4, 0.5) is 5.69 Å². The molecular weight excluding hydrogens is 388 g/mol. The number of para-hydroxylation sites is 1. The molecule has 9 nitrogen and oxygen atoms in total. The first kappa shape index (κ1) is 21.0. The van der Waals surface area contributed by atoms with Crippen LogP contribution in [0.25, 0.3) is 0 Å². The van der Waals surface area contributed by atoms with Gasteiger partial charge in [-0.05, 0) is 31.2 Å². The van der Waals surface area contributed by atoms with Crippen molar-refractivity contribution < 1.29 is 32.2 Å². The number of carbonyl (C=O) groups excluding carboxylic acids is 2. The third kappa shape index (κ3) is 4.71. The molecule has 0 aliphatic rings. The Morgan fingerprint density at radius 2 is 1.68 bits per heavy atom. The summed E-state index contributed by atoms with van der Waals surface area (Å²) >= 11 is 0. The highest BCUT2D eigenvalue weighted by atomic mass is 32.2. The van der Waals surface area contributed by atoms with E-state index in [-0.39, 0.29) is 21.9 Å². The molecular formula is C18H20N2O7S. The predicted octanol–water partition coefficient (Wildman–Crippen LogP) is 1.54. The number of sulfonamides is 1. The molecule has 0 saturated carbocycles. The van der Waals surface area contributed by atoms with E-state index in [4.69, 9.17) is 19.9 Å². The maximum atomic E-state index is 12.7. The van der Waals surface area contributed by atoms with Crippen molar-refractivity contribution in [2.75, 3.05) is 18.9 Å². The zero-order valence-electron chi connectivity index (χ0n) is 15.5. The molecule has 0 aliphatic carbocycles. The van der Waals surface area contributed by atoms with Crippen molar-refractivity contribution in [2.45, 2.75) is 17.9 Å². The van der Waals surface area contributed by atoms with Gasteiger partial charge in [-0.1, -0.05) is 12.1 Å². The van der Waals surface area contributed by atoms with Crippen LogP contribution in [0.2, 0.25) is 0 Å². The molecule has 0 heterocycles. The molecule has 0 aliphatic heterocycles. The summed E-state index contributed by atoms with van der Waals surface area (Å²) < 4.78 is 43.0. The lowest BCUT2D eigenvalue weighted by atomic mass is 10.2. The summed E-state index contributed by atoms with van der Waals surface area (Å²) in [6, 6.07) is 9.89. The third-order valence-electron chi connectivity index (χ3n) is 3.74. The molecule has 150 valence electrons. The van der Waals surface area contributed by atoms with E-state index in [1.807, 2.05) is 0 Å². The van der Waals surface area contributed by atoms with Crippen LogP contribution in [-0.2, 0) is 19.6 Å². The molecule has 1 amide bonds. The fourth-order valence-electron chi connectivity index (χ4n) is 2.22. The largest absolute Gasteiger partial charge is 0.493 e. The zero-order chi connectivity index (χ0) is 20.9. The summed E-state index contributed by atoms with van der Waals surface area (Å²) in [6.45, 7) is 1.32. The number of nitrogens with one attached hydrogen (secondary N) is 1. The molecule has 0 saturated heterocycles. The van der Waals surface area contributed by atoms with E-state index in [1.165, 1.54) is 57.5 Å². The number of methoxy groups -OCH3 is 2. The molecule has 2 aromatic carbocycles. The van der Waals surface area contributed by atoms with Crippen molar-refractivity contribution in [1.29, 1.82) is 0 Å². The Balaban J connectivity index is 2.35. The van der Waals surface area contributed by atoms with E-state index < -0.39 is 28.0 Å². The van der Waals surface area contributed by atoms with Crippen molar-refractivity contribution >= 4 is 27.6 Å². The fraction of sp³-hybridized carbons (Fsp3) is 0.222. The summed E-state index contributed by atoms with van der Waals surface area (Å²) in [6.07, 6.45) is -1.16. The number of primary amides is 1. The van der Waals surface area contributed by atoms with Crippen LogP contribution >= 0.6 is 0 Å². The van der Waals surface area contributed by atoms with Crippen molar-refractivity contribution in [3.05, 3.63) is 48.0 Å². The van der Waals surface area contributed by atoms with Crippen molar-refractivity contribution in [3.8, 4) is 11.5 Å². The summed E-state index contributed by atoms with van der Waals surface area (Å²) in [7, 11) is -1.25. The van der Waals surface area contributed by atoms with Crippen LogP contribution in [0.3, 0.4) is 0 Å². The molecule has 10 heteroatoms. The Kier molecular flexibility index (Phi) is 6.47. The highest BCUT2D eigenvalue weighted by Gasteiger charge is 2.23. The summed E-state index contributed by atoms with van der Waals surface area (Å²) in [5.41, 5.74) is 4.99. The fourth-order valence-corrected chi connectivity index (χ4v) is 3.31. The normalized spacial score (nSPS) is 12.0. The van der Waals surface area contributed by atoms with Crippen LogP contribution in [0.5, 0.6) is 11.5 Å². The van der Waals surface area contributed by atoms with Gasteiger partial charge in [-0.2, -0.15) is 0 Å². The maximum absolute atomic E-state index is 12.7. The van der Waals surface area contributed by atoms with E-state index in [0.717, 1.165) is 0 Å². The lowest BCUT2D eigenvalue weighted by Gasteiger charge is -2.15. The van der Waals surface area contributed by atoms with Gasteiger partial charge in [0.25, 0.3) is 15.9 Å². The molecule has 2 rings (SSSR count). The third-order valence-corrected chi connectivity index (χ3v) is 5.10. The van der Waals surface area contributed by atoms with Crippen LogP contribution < -0.4 is 19.9 Å². The number of benzene rings is 2. The van der Waals surface area contributed by atoms with Crippen LogP contribution in [-0.4, -0.2) is 40.6 Å². The SMILES string of the molecule is COc1ccc(S(=O)(=O)Nc2ccccc2C(=O)O[C@@H](C)C(N)=O)cc1OC. The van der Waals surface area contributed by atoms with Crippen LogP contribution in [0.15, 0.2) is 47.4 Å². The second-order valence-electron chi connectivity index (χ2n) is 5.62. The van der Waals surface area contributed by atoms with Gasteiger partial charge in [0.1, 0.15) is 0 Å². The molecule has 0 spiro atoms. The van der Waals surface area contributed by atoms with Gasteiger partial charge in [-0.3, -0.25) is 9.52 Å². The smallest absolute Gasteiger partial charge is 0.341 e. The Morgan fingerprint density at radius 3 is 2.29 bits per heavy atom. The number of esters is 1. The second-order valence-corrected chi connectivity index (χ2v) is 7.30. The average molecular weight is 408 g/mol. The van der Waals surface area contributed by atoms with Crippen molar-refractivity contribution in [1.82, 2.24) is 0 Å². The molecule has 0 radical (unpaired) electrons. The number of ether oxygens (including phenoxy) is 3. The summed E-state index contributed by atoms with van der Waals surface area (Å²) in [5.74, 6) is -1.12. The molecule has 3 N–H and O–H groups in total. The van der Waals surface area contributed by atoms with Crippen LogP contribution in [0, 0.1) is 0 Å². The quantitative estimate of drug-likeness (QED) is 0.633. The molecule has 0 bridgehead atoms. The number of hydrogen-bond acceptors (Lipinski definition) is 7. The van der Waals surface area contributed by atoms with E-state index in [9.17, 15) is 18.0 Å². The lowest BCUT2D eigenvalue weighted by molar-refractivity contribution is -0.125. The molecule has 28 heavy (non-hydrogen) atoms. The average Bonchev–Trinajstić information content (AvgIpc) is 2.67. The van der Waals surface area contributed by atoms with Crippen molar-refractivity contribution in [3.63, 3.8) is 0 Å². The van der Waals surface area contributed by atoms with Gasteiger partial charge < -0.3 is 19.9 Å². The van der Waals surface area contributed by atoms with E-state index in [0.29, 0.717) is 5.75 Å². The Morgan fingerprint density at radius 1 is 1.04 bits per heavy atom. The monoisotopic (exact) mass is 408 g/mol. The topological polar surface area (TPSA) is 134 Å². The number of carbonyl (C=O) groups is 2. The zero-order valence-corrected chi connectivity index (χ0v) is 16.3. The van der Waals surface area contributed by atoms with Crippen molar-refractivity contribution in [2.24, 2.45) is 5.73 Å². The van der Waals surface area contributed by atoms with E-state index in [2.05, 4.69) is 4.72 Å².